The van der Waals surface area contributed by atoms with Gasteiger partial charge in [-0.2, -0.15) is 0 Å². The van der Waals surface area contributed by atoms with Gasteiger partial charge in [-0.1, -0.05) is 5.11 Å². The molecule has 0 bridgehead atoms. The van der Waals surface area contributed by atoms with Crippen molar-refractivity contribution in [2.75, 3.05) is 32.8 Å². The van der Waals surface area contributed by atoms with Crippen molar-refractivity contribution < 1.29 is 4.74 Å². The highest BCUT2D eigenvalue weighted by atomic mass is 16.5. The summed E-state index contributed by atoms with van der Waals surface area (Å²) in [5, 5.41) is 3.50. The summed E-state index contributed by atoms with van der Waals surface area (Å²) in [6, 6.07) is 0. The molecule has 0 aromatic rings. The van der Waals surface area contributed by atoms with Crippen LogP contribution >= 0.6 is 0 Å². The lowest BCUT2D eigenvalue weighted by Gasteiger charge is -2.30. The van der Waals surface area contributed by atoms with Crippen molar-refractivity contribution in [2.24, 2.45) is 5.11 Å². The Morgan fingerprint density at radius 1 is 1.69 bits per heavy atom. The van der Waals surface area contributed by atoms with Gasteiger partial charge in [-0.05, 0) is 25.4 Å². The predicted molar refractivity (Wildman–Crippen MR) is 50.5 cm³/mol. The number of azide groups is 1. The molecule has 1 aliphatic rings. The van der Waals surface area contributed by atoms with Crippen LogP contribution in [0, 0.1) is 0 Å². The van der Waals surface area contributed by atoms with Crippen LogP contribution in [-0.2, 0) is 4.74 Å². The Hall–Kier alpha value is -0.770. The third kappa shape index (κ3) is 4.12. The van der Waals surface area contributed by atoms with Gasteiger partial charge in [0.25, 0.3) is 0 Å². The first-order valence-electron chi connectivity index (χ1n) is 4.67. The van der Waals surface area contributed by atoms with Crippen LogP contribution in [0.5, 0.6) is 0 Å². The Morgan fingerprint density at radius 2 is 2.54 bits per heavy atom. The highest BCUT2D eigenvalue weighted by molar-refractivity contribution is 4.67. The number of hydrogen-bond acceptors (Lipinski definition) is 3. The maximum Gasteiger partial charge on any atom is 0.0674 e. The standard InChI is InChI=1S/C8H16N4O/c1-8-7-12(5-6-13-8)4-2-3-10-11-9/h8H,2-7H2,1H3. The maximum absolute atomic E-state index is 8.07. The van der Waals surface area contributed by atoms with Crippen molar-refractivity contribution in [2.45, 2.75) is 19.4 Å². The van der Waals surface area contributed by atoms with E-state index in [4.69, 9.17) is 10.3 Å². The van der Waals surface area contributed by atoms with Gasteiger partial charge in [-0.25, -0.2) is 0 Å². The SMILES string of the molecule is CC1CN(CCCN=[N+]=[N-])CCO1. The average Bonchev–Trinajstić information content (AvgIpc) is 2.13. The van der Waals surface area contributed by atoms with Crippen LogP contribution in [0.3, 0.4) is 0 Å². The zero-order valence-electron chi connectivity index (χ0n) is 8.02. The summed E-state index contributed by atoms with van der Waals surface area (Å²) < 4.78 is 5.41. The van der Waals surface area contributed by atoms with Crippen molar-refractivity contribution >= 4 is 0 Å². The molecule has 74 valence electrons. The van der Waals surface area contributed by atoms with Crippen molar-refractivity contribution in [3.63, 3.8) is 0 Å². The van der Waals surface area contributed by atoms with Gasteiger partial charge in [0.15, 0.2) is 0 Å². The topological polar surface area (TPSA) is 61.2 Å². The van der Waals surface area contributed by atoms with Crippen LogP contribution < -0.4 is 0 Å². The molecule has 0 radical (unpaired) electrons. The second kappa shape index (κ2) is 5.80. The summed E-state index contributed by atoms with van der Waals surface area (Å²) in [6.07, 6.45) is 1.28. The molecule has 1 fully saturated rings. The van der Waals surface area contributed by atoms with E-state index in [1.807, 2.05) is 0 Å². The molecular formula is C8H16N4O. The molecule has 0 aliphatic carbocycles. The van der Waals surface area contributed by atoms with Crippen LogP contribution in [0.15, 0.2) is 5.11 Å². The Labute approximate surface area is 78.3 Å². The summed E-state index contributed by atoms with van der Waals surface area (Å²) in [7, 11) is 0. The molecule has 0 N–H and O–H groups in total. The molecule has 1 rings (SSSR count). The van der Waals surface area contributed by atoms with E-state index in [1.54, 1.807) is 0 Å². The molecule has 1 saturated heterocycles. The van der Waals surface area contributed by atoms with Gasteiger partial charge < -0.3 is 4.74 Å². The highest BCUT2D eigenvalue weighted by Crippen LogP contribution is 2.04. The Kier molecular flexibility index (Phi) is 4.60. The fourth-order valence-electron chi connectivity index (χ4n) is 1.50. The van der Waals surface area contributed by atoms with Crippen molar-refractivity contribution in [3.8, 4) is 0 Å². The maximum atomic E-state index is 8.07. The minimum atomic E-state index is 0.341. The summed E-state index contributed by atoms with van der Waals surface area (Å²) in [4.78, 5) is 5.06. The first kappa shape index (κ1) is 10.3. The van der Waals surface area contributed by atoms with Gasteiger partial charge in [0.1, 0.15) is 0 Å². The molecule has 1 unspecified atom stereocenters. The van der Waals surface area contributed by atoms with Crippen molar-refractivity contribution in [1.29, 1.82) is 0 Å². The summed E-state index contributed by atoms with van der Waals surface area (Å²) in [5.41, 5.74) is 8.07. The Morgan fingerprint density at radius 3 is 3.23 bits per heavy atom. The number of rotatable bonds is 4. The van der Waals surface area contributed by atoms with Gasteiger partial charge in [0.05, 0.1) is 12.7 Å². The zero-order chi connectivity index (χ0) is 9.52. The molecule has 5 nitrogen and oxygen atoms in total. The van der Waals surface area contributed by atoms with Gasteiger partial charge in [0.2, 0.25) is 0 Å². The van der Waals surface area contributed by atoms with E-state index in [1.165, 1.54) is 0 Å². The van der Waals surface area contributed by atoms with Crippen molar-refractivity contribution in [3.05, 3.63) is 10.4 Å². The number of nitrogens with zero attached hydrogens (tertiary/aromatic N) is 4. The van der Waals surface area contributed by atoms with E-state index in [2.05, 4.69) is 21.8 Å². The summed E-state index contributed by atoms with van der Waals surface area (Å²) in [6.45, 7) is 6.51. The van der Waals surface area contributed by atoms with E-state index in [-0.39, 0.29) is 0 Å². The lowest BCUT2D eigenvalue weighted by atomic mass is 10.3. The predicted octanol–water partition coefficient (Wildman–Crippen LogP) is 1.41. The molecule has 0 saturated carbocycles. The molecule has 0 aromatic carbocycles. The Bertz CT molecular complexity index is 191. The molecule has 1 atom stereocenters. The number of hydrogen-bond donors (Lipinski definition) is 0. The minimum absolute atomic E-state index is 0.341. The van der Waals surface area contributed by atoms with Crippen LogP contribution in [0.25, 0.3) is 10.4 Å². The second-order valence-corrected chi connectivity index (χ2v) is 3.29. The zero-order valence-corrected chi connectivity index (χ0v) is 8.02. The average molecular weight is 184 g/mol. The van der Waals surface area contributed by atoms with E-state index in [0.717, 1.165) is 32.7 Å². The second-order valence-electron chi connectivity index (χ2n) is 3.29. The third-order valence-corrected chi connectivity index (χ3v) is 2.12. The van der Waals surface area contributed by atoms with E-state index in [9.17, 15) is 0 Å². The monoisotopic (exact) mass is 184 g/mol. The molecule has 0 spiro atoms. The molecule has 0 amide bonds. The smallest absolute Gasteiger partial charge is 0.0674 e. The van der Waals surface area contributed by atoms with Gasteiger partial charge in [-0.15, -0.1) is 0 Å². The van der Waals surface area contributed by atoms with Gasteiger partial charge in [0, 0.05) is 24.5 Å². The normalized spacial score (nSPS) is 23.9. The van der Waals surface area contributed by atoms with E-state index >= 15 is 0 Å². The first-order valence-corrected chi connectivity index (χ1v) is 4.67. The summed E-state index contributed by atoms with van der Waals surface area (Å²) in [5.74, 6) is 0. The fraction of sp³-hybridized carbons (Fsp3) is 1.00. The van der Waals surface area contributed by atoms with Crippen LogP contribution in [0.2, 0.25) is 0 Å². The quantitative estimate of drug-likeness (QED) is 0.287. The van der Waals surface area contributed by atoms with Crippen LogP contribution in [0.4, 0.5) is 0 Å². The van der Waals surface area contributed by atoms with Crippen LogP contribution in [0.1, 0.15) is 13.3 Å². The first-order chi connectivity index (χ1) is 6.33. The van der Waals surface area contributed by atoms with Gasteiger partial charge >= 0.3 is 0 Å². The number of morpholine rings is 1. The number of ether oxygens (including phenoxy) is 1. The molecule has 0 aromatic heterocycles. The van der Waals surface area contributed by atoms with Crippen LogP contribution in [-0.4, -0.2) is 43.8 Å². The lowest BCUT2D eigenvalue weighted by molar-refractivity contribution is -0.0182. The third-order valence-electron chi connectivity index (χ3n) is 2.12. The minimum Gasteiger partial charge on any atom is -0.376 e. The highest BCUT2D eigenvalue weighted by Gasteiger charge is 2.15. The molecule has 13 heavy (non-hydrogen) atoms. The van der Waals surface area contributed by atoms with E-state index in [0.29, 0.717) is 12.6 Å². The molecular weight excluding hydrogens is 168 g/mol. The Balaban J connectivity index is 2.09. The van der Waals surface area contributed by atoms with Gasteiger partial charge in [-0.3, -0.25) is 4.90 Å². The molecule has 1 heterocycles. The lowest BCUT2D eigenvalue weighted by Crippen LogP contribution is -2.41. The van der Waals surface area contributed by atoms with Crippen molar-refractivity contribution in [1.82, 2.24) is 4.90 Å². The molecule has 1 aliphatic heterocycles. The molecule has 5 heteroatoms. The summed E-state index contributed by atoms with van der Waals surface area (Å²) >= 11 is 0. The fourth-order valence-corrected chi connectivity index (χ4v) is 1.50. The van der Waals surface area contributed by atoms with E-state index < -0.39 is 0 Å². The largest absolute Gasteiger partial charge is 0.376 e.